The van der Waals surface area contributed by atoms with Crippen LogP contribution in [0.3, 0.4) is 0 Å². The van der Waals surface area contributed by atoms with Gasteiger partial charge in [0.15, 0.2) is 12.0 Å². The molecule has 1 aromatic rings. The number of carbonyl (C=O) groups excluding carboxylic acids is 1. The molecular formula is C12H20N4O3. The van der Waals surface area contributed by atoms with Crippen molar-refractivity contribution in [3.05, 3.63) is 11.9 Å². The fraction of sp³-hybridized carbons (Fsp3) is 0.750. The van der Waals surface area contributed by atoms with Gasteiger partial charge in [0, 0.05) is 19.8 Å². The van der Waals surface area contributed by atoms with Gasteiger partial charge in [0.1, 0.15) is 0 Å². The first-order valence-corrected chi connectivity index (χ1v) is 6.69. The summed E-state index contributed by atoms with van der Waals surface area (Å²) in [6.45, 7) is 2.19. The molecule has 2 rings (SSSR count). The average Bonchev–Trinajstić information content (AvgIpc) is 2.89. The van der Waals surface area contributed by atoms with Crippen LogP contribution in [0.1, 0.15) is 42.6 Å². The molecule has 106 valence electrons. The van der Waals surface area contributed by atoms with E-state index in [-0.39, 0.29) is 12.0 Å². The Balaban J connectivity index is 1.57. The van der Waals surface area contributed by atoms with E-state index in [0.717, 1.165) is 32.3 Å². The third-order valence-electron chi connectivity index (χ3n) is 3.01. The third kappa shape index (κ3) is 4.60. The molecule has 0 bridgehead atoms. The molecule has 19 heavy (non-hydrogen) atoms. The minimum absolute atomic E-state index is 0.0263. The van der Waals surface area contributed by atoms with Crippen LogP contribution in [0.25, 0.3) is 0 Å². The Kier molecular flexibility index (Phi) is 5.29. The molecule has 1 aliphatic heterocycles. The van der Waals surface area contributed by atoms with Gasteiger partial charge in [0.2, 0.25) is 0 Å². The van der Waals surface area contributed by atoms with Gasteiger partial charge in [0.05, 0.1) is 6.20 Å². The first-order chi connectivity index (χ1) is 9.25. The number of hydrogen-bond donors (Lipinski definition) is 1. The number of nitrogens with zero attached hydrogens (tertiary/aromatic N) is 3. The number of unbranched alkanes of at least 4 members (excludes halogenated alkanes) is 1. The predicted octanol–water partition coefficient (Wildman–Crippen LogP) is 0.700. The monoisotopic (exact) mass is 268 g/mol. The highest BCUT2D eigenvalue weighted by atomic mass is 16.7. The van der Waals surface area contributed by atoms with E-state index in [1.165, 1.54) is 6.42 Å². The molecule has 1 fully saturated rings. The number of aryl methyl sites for hydroxylation is 1. The minimum atomic E-state index is -0.552. The molecule has 0 radical (unpaired) electrons. The van der Waals surface area contributed by atoms with Gasteiger partial charge < -0.3 is 15.2 Å². The number of hydrogen-bond acceptors (Lipinski definition) is 5. The summed E-state index contributed by atoms with van der Waals surface area (Å²) in [6, 6.07) is 0. The molecule has 1 aliphatic rings. The summed E-state index contributed by atoms with van der Waals surface area (Å²) in [7, 11) is 0. The highest BCUT2D eigenvalue weighted by Crippen LogP contribution is 2.13. The zero-order chi connectivity index (χ0) is 13.5. The van der Waals surface area contributed by atoms with Crippen LogP contribution in [-0.2, 0) is 16.0 Å². The van der Waals surface area contributed by atoms with Gasteiger partial charge in [-0.2, -0.15) is 0 Å². The number of rotatable bonds is 7. The maximum atomic E-state index is 10.8. The van der Waals surface area contributed by atoms with Gasteiger partial charge in [-0.3, -0.25) is 9.48 Å². The molecule has 1 atom stereocenters. The lowest BCUT2D eigenvalue weighted by molar-refractivity contribution is -0.162. The molecule has 1 saturated heterocycles. The second-order valence-electron chi connectivity index (χ2n) is 4.61. The minimum Gasteiger partial charge on any atom is -0.364 e. The molecule has 7 heteroatoms. The van der Waals surface area contributed by atoms with Crippen molar-refractivity contribution >= 4 is 5.91 Å². The van der Waals surface area contributed by atoms with Crippen molar-refractivity contribution in [2.24, 2.45) is 5.73 Å². The van der Waals surface area contributed by atoms with E-state index in [0.29, 0.717) is 13.2 Å². The van der Waals surface area contributed by atoms with Gasteiger partial charge in [-0.25, -0.2) is 0 Å². The summed E-state index contributed by atoms with van der Waals surface area (Å²) in [4.78, 5) is 10.8. The second kappa shape index (κ2) is 7.20. The molecule has 0 saturated carbocycles. The van der Waals surface area contributed by atoms with Crippen molar-refractivity contribution in [1.29, 1.82) is 0 Å². The molecule has 1 unspecified atom stereocenters. The largest absolute Gasteiger partial charge is 0.364 e. The molecule has 1 amide bonds. The number of nitrogens with two attached hydrogens (primary N) is 1. The predicted molar refractivity (Wildman–Crippen MR) is 67.3 cm³/mol. The van der Waals surface area contributed by atoms with E-state index < -0.39 is 5.91 Å². The second-order valence-corrected chi connectivity index (χ2v) is 4.61. The van der Waals surface area contributed by atoms with Crippen LogP contribution in [0, 0.1) is 0 Å². The first kappa shape index (κ1) is 14.0. The van der Waals surface area contributed by atoms with E-state index in [1.54, 1.807) is 10.9 Å². The molecule has 0 aromatic carbocycles. The van der Waals surface area contributed by atoms with Crippen LogP contribution in [0.5, 0.6) is 0 Å². The Morgan fingerprint density at radius 2 is 2.42 bits per heavy atom. The lowest BCUT2D eigenvalue weighted by Crippen LogP contribution is -2.22. The fourth-order valence-electron chi connectivity index (χ4n) is 1.95. The quantitative estimate of drug-likeness (QED) is 0.735. The van der Waals surface area contributed by atoms with Crippen molar-refractivity contribution in [2.45, 2.75) is 44.9 Å². The molecule has 1 aromatic heterocycles. The van der Waals surface area contributed by atoms with E-state index >= 15 is 0 Å². The summed E-state index contributed by atoms with van der Waals surface area (Å²) >= 11 is 0. The summed E-state index contributed by atoms with van der Waals surface area (Å²) in [5.74, 6) is -0.552. The number of primary amides is 1. The summed E-state index contributed by atoms with van der Waals surface area (Å²) < 4.78 is 12.7. The molecule has 7 nitrogen and oxygen atoms in total. The zero-order valence-corrected chi connectivity index (χ0v) is 11.0. The average molecular weight is 268 g/mol. The number of aromatic nitrogens is 3. The lowest BCUT2D eigenvalue weighted by Gasteiger charge is -2.22. The number of carbonyl (C=O) groups is 1. The normalized spacial score (nSPS) is 19.5. The van der Waals surface area contributed by atoms with Crippen molar-refractivity contribution < 1.29 is 14.3 Å². The number of amides is 1. The standard InChI is InChI=1S/C12H20N4O3/c13-12(17)10-9-16(15-14-10)6-2-4-8-19-11-5-1-3-7-18-11/h9,11H,1-8H2,(H2,13,17). The maximum Gasteiger partial charge on any atom is 0.270 e. The highest BCUT2D eigenvalue weighted by Gasteiger charge is 2.13. The maximum absolute atomic E-state index is 10.8. The smallest absolute Gasteiger partial charge is 0.270 e. The molecular weight excluding hydrogens is 248 g/mol. The zero-order valence-electron chi connectivity index (χ0n) is 11.0. The van der Waals surface area contributed by atoms with E-state index in [9.17, 15) is 4.79 Å². The van der Waals surface area contributed by atoms with Crippen LogP contribution < -0.4 is 5.73 Å². The van der Waals surface area contributed by atoms with E-state index in [4.69, 9.17) is 15.2 Å². The van der Waals surface area contributed by atoms with Crippen LogP contribution >= 0.6 is 0 Å². The van der Waals surface area contributed by atoms with Gasteiger partial charge in [-0.1, -0.05) is 5.21 Å². The third-order valence-corrected chi connectivity index (χ3v) is 3.01. The van der Waals surface area contributed by atoms with Crippen LogP contribution in [0.15, 0.2) is 6.20 Å². The summed E-state index contributed by atoms with van der Waals surface area (Å²) in [5.41, 5.74) is 5.30. The van der Waals surface area contributed by atoms with Crippen molar-refractivity contribution in [3.63, 3.8) is 0 Å². The van der Waals surface area contributed by atoms with E-state index in [2.05, 4.69) is 10.3 Å². The van der Waals surface area contributed by atoms with Crippen molar-refractivity contribution in [1.82, 2.24) is 15.0 Å². The topological polar surface area (TPSA) is 92.3 Å². The highest BCUT2D eigenvalue weighted by molar-refractivity contribution is 5.90. The Morgan fingerprint density at radius 1 is 1.53 bits per heavy atom. The van der Waals surface area contributed by atoms with Gasteiger partial charge >= 0.3 is 0 Å². The van der Waals surface area contributed by atoms with Crippen molar-refractivity contribution in [2.75, 3.05) is 13.2 Å². The first-order valence-electron chi connectivity index (χ1n) is 6.69. The Labute approximate surface area is 112 Å². The van der Waals surface area contributed by atoms with Crippen LogP contribution in [0.2, 0.25) is 0 Å². The molecule has 2 heterocycles. The Hall–Kier alpha value is -1.47. The van der Waals surface area contributed by atoms with Crippen molar-refractivity contribution in [3.8, 4) is 0 Å². The number of ether oxygens (including phenoxy) is 2. The lowest BCUT2D eigenvalue weighted by atomic mass is 10.2. The van der Waals surface area contributed by atoms with Gasteiger partial charge in [-0.05, 0) is 32.1 Å². The van der Waals surface area contributed by atoms with Gasteiger partial charge in [0.25, 0.3) is 5.91 Å². The fourth-order valence-corrected chi connectivity index (χ4v) is 1.95. The molecule has 2 N–H and O–H groups in total. The SMILES string of the molecule is NC(=O)c1cn(CCCCOC2CCCCO2)nn1. The Bertz CT molecular complexity index is 401. The molecule has 0 aliphatic carbocycles. The van der Waals surface area contributed by atoms with Gasteiger partial charge in [-0.15, -0.1) is 5.10 Å². The Morgan fingerprint density at radius 3 is 3.11 bits per heavy atom. The summed E-state index contributed by atoms with van der Waals surface area (Å²) in [5, 5.41) is 7.50. The molecule has 0 spiro atoms. The van der Waals surface area contributed by atoms with Crippen LogP contribution in [0.4, 0.5) is 0 Å². The van der Waals surface area contributed by atoms with E-state index in [1.807, 2.05) is 0 Å². The summed E-state index contributed by atoms with van der Waals surface area (Å²) in [6.07, 6.45) is 6.67. The van der Waals surface area contributed by atoms with Crippen LogP contribution in [-0.4, -0.2) is 40.4 Å².